The highest BCUT2D eigenvalue weighted by atomic mass is 32.1. The summed E-state index contributed by atoms with van der Waals surface area (Å²) < 4.78 is 6.46. The predicted octanol–water partition coefficient (Wildman–Crippen LogP) is 2.92. The fourth-order valence-electron chi connectivity index (χ4n) is 5.43. The number of hydrogen-bond donors (Lipinski definition) is 0. The Kier molecular flexibility index (Phi) is 4.53. The van der Waals surface area contributed by atoms with Crippen molar-refractivity contribution in [3.63, 3.8) is 0 Å². The third-order valence-corrected chi connectivity index (χ3v) is 7.46. The summed E-state index contributed by atoms with van der Waals surface area (Å²) in [7, 11) is 4.25. The third-order valence-electron chi connectivity index (χ3n) is 6.62. The number of rotatable bonds is 5. The second kappa shape index (κ2) is 6.94. The van der Waals surface area contributed by atoms with Crippen LogP contribution in [0.2, 0.25) is 0 Å². The number of aromatic nitrogens is 1. The summed E-state index contributed by atoms with van der Waals surface area (Å²) >= 11 is 1.58. The van der Waals surface area contributed by atoms with E-state index in [-0.39, 0.29) is 11.5 Å². The second-order valence-electron chi connectivity index (χ2n) is 8.77. The van der Waals surface area contributed by atoms with Crippen molar-refractivity contribution in [3.8, 4) is 0 Å². The van der Waals surface area contributed by atoms with E-state index in [1.807, 2.05) is 28.5 Å². The largest absolute Gasteiger partial charge is 0.369 e. The van der Waals surface area contributed by atoms with Gasteiger partial charge in [-0.1, -0.05) is 30.3 Å². The van der Waals surface area contributed by atoms with E-state index in [0.717, 1.165) is 43.9 Å². The lowest BCUT2D eigenvalue weighted by molar-refractivity contribution is 0.00251. The summed E-state index contributed by atoms with van der Waals surface area (Å²) in [5.41, 5.74) is 1.71. The standard InChI is InChI=1S/C22H27N3O2S/c1-24(2)11-16-17-12-25(14-22(17)9-8-19(16)27-22)21(26)18-13-28-20(23-18)10-15-6-4-3-5-7-15/h3-7,13,16-17,19H,8-12,14H2,1-2H3/t16-,17+,19+,22+/m1/s1. The lowest BCUT2D eigenvalue weighted by Crippen LogP contribution is -2.40. The molecule has 3 saturated heterocycles. The van der Waals surface area contributed by atoms with Crippen molar-refractivity contribution in [1.29, 1.82) is 0 Å². The maximum Gasteiger partial charge on any atom is 0.273 e. The molecule has 1 amide bonds. The van der Waals surface area contributed by atoms with Gasteiger partial charge in [0.15, 0.2) is 0 Å². The van der Waals surface area contributed by atoms with Crippen molar-refractivity contribution in [2.75, 3.05) is 33.7 Å². The Morgan fingerprint density at radius 3 is 2.96 bits per heavy atom. The minimum absolute atomic E-state index is 0.0648. The van der Waals surface area contributed by atoms with Crippen LogP contribution in [0, 0.1) is 11.8 Å². The summed E-state index contributed by atoms with van der Waals surface area (Å²) in [5.74, 6) is 1.06. The van der Waals surface area contributed by atoms with Crippen LogP contribution in [-0.4, -0.2) is 66.1 Å². The summed E-state index contributed by atoms with van der Waals surface area (Å²) in [6.07, 6.45) is 3.38. The fourth-order valence-corrected chi connectivity index (χ4v) is 6.24. The molecule has 0 unspecified atom stereocenters. The molecule has 5 nitrogen and oxygen atoms in total. The van der Waals surface area contributed by atoms with Gasteiger partial charge < -0.3 is 14.5 Å². The maximum atomic E-state index is 13.1. The SMILES string of the molecule is CN(C)C[C@H]1[C@@H]2CC[C@@]3(CN(C(=O)c4csc(Cc5ccccc5)n4)C[C@@H]13)O2. The number of fused-ring (bicyclic) bond motifs is 1. The summed E-state index contributed by atoms with van der Waals surface area (Å²) in [6.45, 7) is 2.57. The van der Waals surface area contributed by atoms with E-state index in [1.165, 1.54) is 5.56 Å². The van der Waals surface area contributed by atoms with Gasteiger partial charge in [0.1, 0.15) is 5.69 Å². The Bertz CT molecular complexity index is 868. The molecule has 5 rings (SSSR count). The number of carbonyl (C=O) groups excluding carboxylic acids is 1. The molecule has 6 heteroatoms. The van der Waals surface area contributed by atoms with Crippen molar-refractivity contribution in [2.24, 2.45) is 11.8 Å². The molecule has 3 aliphatic rings. The first-order chi connectivity index (χ1) is 13.5. The number of likely N-dealkylation sites (tertiary alicyclic amines) is 1. The van der Waals surface area contributed by atoms with Crippen molar-refractivity contribution < 1.29 is 9.53 Å². The van der Waals surface area contributed by atoms with Gasteiger partial charge >= 0.3 is 0 Å². The molecule has 0 saturated carbocycles. The monoisotopic (exact) mass is 397 g/mol. The number of ether oxygens (including phenoxy) is 1. The van der Waals surface area contributed by atoms with E-state index in [1.54, 1.807) is 11.3 Å². The Balaban J connectivity index is 1.30. The lowest BCUT2D eigenvalue weighted by atomic mass is 9.73. The van der Waals surface area contributed by atoms with Gasteiger partial charge in [-0.3, -0.25) is 4.79 Å². The highest BCUT2D eigenvalue weighted by molar-refractivity contribution is 7.09. The average Bonchev–Trinajstić information content (AvgIpc) is 3.43. The summed E-state index contributed by atoms with van der Waals surface area (Å²) in [4.78, 5) is 22.0. The van der Waals surface area contributed by atoms with Crippen LogP contribution in [-0.2, 0) is 11.2 Å². The van der Waals surface area contributed by atoms with E-state index in [0.29, 0.717) is 23.6 Å². The van der Waals surface area contributed by atoms with Crippen molar-refractivity contribution in [1.82, 2.24) is 14.8 Å². The minimum Gasteiger partial charge on any atom is -0.369 e. The first-order valence-electron chi connectivity index (χ1n) is 10.1. The molecule has 4 atom stereocenters. The van der Waals surface area contributed by atoms with Gasteiger partial charge in [0.25, 0.3) is 5.91 Å². The molecule has 1 aromatic carbocycles. The van der Waals surface area contributed by atoms with Crippen LogP contribution in [0.15, 0.2) is 35.7 Å². The molecule has 28 heavy (non-hydrogen) atoms. The molecule has 0 radical (unpaired) electrons. The van der Waals surface area contributed by atoms with E-state index in [2.05, 4.69) is 36.1 Å². The van der Waals surface area contributed by atoms with Gasteiger partial charge in [0.2, 0.25) is 0 Å². The molecule has 0 N–H and O–H groups in total. The molecule has 3 fully saturated rings. The molecule has 0 aliphatic carbocycles. The summed E-state index contributed by atoms with van der Waals surface area (Å²) in [5, 5.41) is 2.91. The molecule has 1 aromatic heterocycles. The molecular formula is C22H27N3O2S. The van der Waals surface area contributed by atoms with Crippen LogP contribution in [0.3, 0.4) is 0 Å². The zero-order chi connectivity index (χ0) is 19.3. The Morgan fingerprint density at radius 2 is 2.18 bits per heavy atom. The highest BCUT2D eigenvalue weighted by Crippen LogP contribution is 2.55. The van der Waals surface area contributed by atoms with Gasteiger partial charge in [-0.25, -0.2) is 4.98 Å². The van der Waals surface area contributed by atoms with Crippen molar-refractivity contribution in [3.05, 3.63) is 52.0 Å². The normalized spacial score (nSPS) is 31.0. The molecular weight excluding hydrogens is 370 g/mol. The number of hydrogen-bond acceptors (Lipinski definition) is 5. The maximum absolute atomic E-state index is 13.1. The van der Waals surface area contributed by atoms with Gasteiger partial charge in [0.05, 0.1) is 23.3 Å². The molecule has 1 spiro atoms. The smallest absolute Gasteiger partial charge is 0.273 e. The van der Waals surface area contributed by atoms with Gasteiger partial charge in [-0.05, 0) is 32.5 Å². The van der Waals surface area contributed by atoms with Crippen molar-refractivity contribution in [2.45, 2.75) is 31.0 Å². The number of thiazole rings is 1. The summed E-state index contributed by atoms with van der Waals surface area (Å²) in [6, 6.07) is 10.3. The second-order valence-corrected chi connectivity index (χ2v) is 9.71. The Morgan fingerprint density at radius 1 is 1.36 bits per heavy atom. The molecule has 2 aromatic rings. The first-order valence-corrected chi connectivity index (χ1v) is 11.0. The highest BCUT2D eigenvalue weighted by Gasteiger charge is 2.63. The van der Waals surface area contributed by atoms with Crippen LogP contribution in [0.25, 0.3) is 0 Å². The van der Waals surface area contributed by atoms with Gasteiger partial charge in [0, 0.05) is 36.7 Å². The quantitative estimate of drug-likeness (QED) is 0.778. The molecule has 148 valence electrons. The van der Waals surface area contributed by atoms with Gasteiger partial charge in [-0.2, -0.15) is 0 Å². The molecule has 2 bridgehead atoms. The van der Waals surface area contributed by atoms with Crippen molar-refractivity contribution >= 4 is 17.2 Å². The minimum atomic E-state index is -0.107. The predicted molar refractivity (Wildman–Crippen MR) is 110 cm³/mol. The van der Waals surface area contributed by atoms with Crippen LogP contribution in [0.4, 0.5) is 0 Å². The number of amides is 1. The average molecular weight is 398 g/mol. The van der Waals surface area contributed by atoms with Crippen LogP contribution < -0.4 is 0 Å². The van der Waals surface area contributed by atoms with E-state index < -0.39 is 0 Å². The van der Waals surface area contributed by atoms with E-state index >= 15 is 0 Å². The van der Waals surface area contributed by atoms with Gasteiger partial charge in [-0.15, -0.1) is 11.3 Å². The topological polar surface area (TPSA) is 45.7 Å². The first kappa shape index (κ1) is 18.3. The number of benzene rings is 1. The third kappa shape index (κ3) is 3.08. The Labute approximate surface area is 170 Å². The molecule has 4 heterocycles. The zero-order valence-corrected chi connectivity index (χ0v) is 17.3. The lowest BCUT2D eigenvalue weighted by Gasteiger charge is -2.30. The van der Waals surface area contributed by atoms with Crippen LogP contribution in [0.5, 0.6) is 0 Å². The fraction of sp³-hybridized carbons (Fsp3) is 0.545. The van der Waals surface area contributed by atoms with Crippen LogP contribution in [0.1, 0.15) is 33.9 Å². The molecule has 3 aliphatic heterocycles. The number of carbonyl (C=O) groups is 1. The van der Waals surface area contributed by atoms with Crippen LogP contribution >= 0.6 is 11.3 Å². The van der Waals surface area contributed by atoms with E-state index in [9.17, 15) is 4.79 Å². The Hall–Kier alpha value is -1.76. The number of nitrogens with zero attached hydrogens (tertiary/aromatic N) is 3. The van der Waals surface area contributed by atoms with E-state index in [4.69, 9.17) is 4.74 Å². The zero-order valence-electron chi connectivity index (χ0n) is 16.5.